The summed E-state index contributed by atoms with van der Waals surface area (Å²) in [5.41, 5.74) is 8.38. The van der Waals surface area contributed by atoms with E-state index in [9.17, 15) is 10.1 Å². The number of nitrogens with two attached hydrogens (primary N) is 1. The summed E-state index contributed by atoms with van der Waals surface area (Å²) in [7, 11) is 0. The lowest BCUT2D eigenvalue weighted by Crippen LogP contribution is -2.21. The zero-order valence-corrected chi connectivity index (χ0v) is 21.7. The van der Waals surface area contributed by atoms with Crippen molar-refractivity contribution in [2.75, 3.05) is 13.2 Å². The maximum atomic E-state index is 13.0. The zero-order chi connectivity index (χ0) is 26.9. The van der Waals surface area contributed by atoms with Crippen LogP contribution in [0, 0.1) is 11.3 Å². The second kappa shape index (κ2) is 12.7. The Kier molecular flexibility index (Phi) is 8.89. The van der Waals surface area contributed by atoms with Gasteiger partial charge in [-0.05, 0) is 37.1 Å². The maximum Gasteiger partial charge on any atom is 0.347 e. The number of hydrogen-bond donors (Lipinski definition) is 1. The summed E-state index contributed by atoms with van der Waals surface area (Å²) >= 11 is 0. The number of allylic oxidation sites excluding steroid dienone is 1. The number of carbonyl (C=O) groups is 1. The number of unbranched alkanes of at least 4 members (excludes halogenated alkanes) is 2. The number of para-hydroxylation sites is 2. The number of ether oxygens (including phenoxy) is 4. The first-order chi connectivity index (χ1) is 18.6. The van der Waals surface area contributed by atoms with Gasteiger partial charge in [0.15, 0.2) is 0 Å². The second-order valence-corrected chi connectivity index (χ2v) is 8.95. The van der Waals surface area contributed by atoms with Crippen molar-refractivity contribution in [1.82, 2.24) is 0 Å². The summed E-state index contributed by atoms with van der Waals surface area (Å²) in [5, 5.41) is 9.95. The normalized spacial score (nSPS) is 14.2. The van der Waals surface area contributed by atoms with Crippen LogP contribution in [0.1, 0.15) is 66.9 Å². The molecule has 7 heteroatoms. The quantitative estimate of drug-likeness (QED) is 0.178. The predicted octanol–water partition coefficient (Wildman–Crippen LogP) is 6.48. The molecule has 0 saturated heterocycles. The van der Waals surface area contributed by atoms with Crippen LogP contribution in [0.4, 0.5) is 0 Å². The van der Waals surface area contributed by atoms with Gasteiger partial charge in [0.1, 0.15) is 40.2 Å². The van der Waals surface area contributed by atoms with Crippen LogP contribution in [0.5, 0.6) is 23.0 Å². The molecule has 3 aromatic carbocycles. The van der Waals surface area contributed by atoms with Crippen LogP contribution in [0.3, 0.4) is 0 Å². The number of nitriles is 1. The fourth-order valence-electron chi connectivity index (χ4n) is 4.34. The Hall–Kier alpha value is -4.44. The number of benzene rings is 3. The molecule has 0 saturated carbocycles. The fourth-order valence-corrected chi connectivity index (χ4v) is 4.34. The summed E-state index contributed by atoms with van der Waals surface area (Å²) in [6.07, 6.45) is 3.94. The van der Waals surface area contributed by atoms with Crippen LogP contribution in [-0.2, 0) is 0 Å². The summed E-state index contributed by atoms with van der Waals surface area (Å²) in [6.45, 7) is 5.22. The molecule has 1 aliphatic rings. The van der Waals surface area contributed by atoms with Crippen molar-refractivity contribution in [3.8, 4) is 29.1 Å². The number of fused-ring (bicyclic) bond motifs is 1. The predicted molar refractivity (Wildman–Crippen MR) is 144 cm³/mol. The van der Waals surface area contributed by atoms with E-state index < -0.39 is 11.9 Å². The molecule has 1 atom stereocenters. The van der Waals surface area contributed by atoms with Crippen molar-refractivity contribution >= 4 is 5.97 Å². The largest absolute Gasteiger partial charge is 0.493 e. The molecule has 196 valence electrons. The summed E-state index contributed by atoms with van der Waals surface area (Å²) in [4.78, 5) is 13.0. The molecule has 38 heavy (non-hydrogen) atoms. The van der Waals surface area contributed by atoms with Crippen molar-refractivity contribution in [2.45, 2.75) is 45.4 Å². The van der Waals surface area contributed by atoms with Gasteiger partial charge in [0.25, 0.3) is 0 Å². The summed E-state index contributed by atoms with van der Waals surface area (Å²) in [6, 6.07) is 21.9. The van der Waals surface area contributed by atoms with Crippen molar-refractivity contribution in [1.29, 1.82) is 5.26 Å². The minimum absolute atomic E-state index is 0.00701. The van der Waals surface area contributed by atoms with Gasteiger partial charge in [-0.25, -0.2) is 4.79 Å². The molecule has 0 amide bonds. The van der Waals surface area contributed by atoms with Gasteiger partial charge in [0, 0.05) is 17.2 Å². The summed E-state index contributed by atoms with van der Waals surface area (Å²) < 4.78 is 23.3. The molecule has 1 aliphatic heterocycles. The van der Waals surface area contributed by atoms with Gasteiger partial charge >= 0.3 is 5.97 Å². The summed E-state index contributed by atoms with van der Waals surface area (Å²) in [5.74, 6) is 0.835. The number of hydrogen-bond acceptors (Lipinski definition) is 7. The molecule has 0 bridgehead atoms. The highest BCUT2D eigenvalue weighted by atomic mass is 16.5. The third kappa shape index (κ3) is 5.92. The topological polar surface area (TPSA) is 104 Å². The van der Waals surface area contributed by atoms with E-state index in [4.69, 9.17) is 24.7 Å². The number of rotatable bonds is 11. The van der Waals surface area contributed by atoms with Gasteiger partial charge in [-0.3, -0.25) is 0 Å². The first-order valence-electron chi connectivity index (χ1n) is 12.9. The standard InChI is InChI=1S/C31H32N2O5/c1-3-5-10-18-36-26-13-8-6-11-22(26)29-23-16-15-21(19-28(23)38-30(33)25(29)20-32)37-31(34)24-12-7-9-14-27(24)35-17-4-2/h6-9,11-16,19,29H,3-5,10,17-18,33H2,1-2H3. The van der Waals surface area contributed by atoms with Gasteiger partial charge in [-0.2, -0.15) is 5.26 Å². The zero-order valence-electron chi connectivity index (χ0n) is 21.7. The molecule has 1 heterocycles. The highest BCUT2D eigenvalue weighted by Gasteiger charge is 2.33. The van der Waals surface area contributed by atoms with E-state index in [2.05, 4.69) is 13.0 Å². The molecule has 7 nitrogen and oxygen atoms in total. The van der Waals surface area contributed by atoms with Gasteiger partial charge in [-0.1, -0.05) is 63.1 Å². The number of carbonyl (C=O) groups excluding carboxylic acids is 1. The Bertz CT molecular complexity index is 1360. The van der Waals surface area contributed by atoms with E-state index in [1.165, 1.54) is 0 Å². The van der Waals surface area contributed by atoms with Gasteiger partial charge in [-0.15, -0.1) is 0 Å². The van der Waals surface area contributed by atoms with Gasteiger partial charge in [0.05, 0.1) is 19.1 Å². The number of nitrogens with zero attached hydrogens (tertiary/aromatic N) is 1. The molecule has 0 aromatic heterocycles. The van der Waals surface area contributed by atoms with E-state index in [1.807, 2.05) is 37.3 Å². The van der Waals surface area contributed by atoms with Crippen LogP contribution in [-0.4, -0.2) is 19.2 Å². The lowest BCUT2D eigenvalue weighted by atomic mass is 9.83. The average molecular weight is 513 g/mol. The van der Waals surface area contributed by atoms with Crippen molar-refractivity contribution in [2.24, 2.45) is 5.73 Å². The fraction of sp³-hybridized carbons (Fsp3) is 0.290. The van der Waals surface area contributed by atoms with Crippen LogP contribution in [0.15, 0.2) is 78.2 Å². The first kappa shape index (κ1) is 26.6. The van der Waals surface area contributed by atoms with E-state index in [1.54, 1.807) is 36.4 Å². The number of esters is 1. The molecule has 3 aromatic rings. The van der Waals surface area contributed by atoms with E-state index in [0.717, 1.165) is 36.8 Å². The van der Waals surface area contributed by atoms with Gasteiger partial charge in [0.2, 0.25) is 5.88 Å². The Labute approximate surface area is 223 Å². The van der Waals surface area contributed by atoms with Crippen LogP contribution in [0.2, 0.25) is 0 Å². The molecular formula is C31H32N2O5. The molecule has 0 aliphatic carbocycles. The Morgan fingerprint density at radius 1 is 0.921 bits per heavy atom. The third-order valence-corrected chi connectivity index (χ3v) is 6.21. The molecule has 0 radical (unpaired) electrons. The Morgan fingerprint density at radius 3 is 2.42 bits per heavy atom. The minimum Gasteiger partial charge on any atom is -0.493 e. The van der Waals surface area contributed by atoms with Crippen molar-refractivity contribution in [3.63, 3.8) is 0 Å². The third-order valence-electron chi connectivity index (χ3n) is 6.21. The minimum atomic E-state index is -0.545. The molecular weight excluding hydrogens is 480 g/mol. The van der Waals surface area contributed by atoms with Crippen LogP contribution in [0.25, 0.3) is 0 Å². The molecule has 2 N–H and O–H groups in total. The van der Waals surface area contributed by atoms with Gasteiger partial charge < -0.3 is 24.7 Å². The Morgan fingerprint density at radius 2 is 1.66 bits per heavy atom. The van der Waals surface area contributed by atoms with Crippen molar-refractivity contribution < 1.29 is 23.7 Å². The monoisotopic (exact) mass is 512 g/mol. The molecule has 0 spiro atoms. The lowest BCUT2D eigenvalue weighted by Gasteiger charge is -2.28. The van der Waals surface area contributed by atoms with Crippen LogP contribution >= 0.6 is 0 Å². The molecule has 4 rings (SSSR count). The highest BCUT2D eigenvalue weighted by molar-refractivity contribution is 5.94. The van der Waals surface area contributed by atoms with Crippen LogP contribution < -0.4 is 24.7 Å². The van der Waals surface area contributed by atoms with E-state index in [0.29, 0.717) is 41.6 Å². The maximum absolute atomic E-state index is 13.0. The molecule has 0 fully saturated rings. The highest BCUT2D eigenvalue weighted by Crippen LogP contribution is 2.46. The molecule has 1 unspecified atom stereocenters. The van der Waals surface area contributed by atoms with E-state index in [-0.39, 0.29) is 11.6 Å². The smallest absolute Gasteiger partial charge is 0.347 e. The first-order valence-corrected chi connectivity index (χ1v) is 12.9. The van der Waals surface area contributed by atoms with E-state index >= 15 is 0 Å². The lowest BCUT2D eigenvalue weighted by molar-refractivity contribution is 0.0730. The van der Waals surface area contributed by atoms with Crippen molar-refractivity contribution in [3.05, 3.63) is 94.9 Å². The average Bonchev–Trinajstić information content (AvgIpc) is 2.94. The Balaban J connectivity index is 1.64. The second-order valence-electron chi connectivity index (χ2n) is 8.95. The SMILES string of the molecule is CCCCCOc1ccccc1C1C(C#N)=C(N)Oc2cc(OC(=O)c3ccccc3OCCC)ccc21.